The lowest BCUT2D eigenvalue weighted by Crippen LogP contribution is -2.28. The third-order valence-corrected chi connectivity index (χ3v) is 6.07. The number of oxazole rings is 1. The lowest BCUT2D eigenvalue weighted by molar-refractivity contribution is 0.0941. The van der Waals surface area contributed by atoms with Gasteiger partial charge in [-0.15, -0.1) is 0 Å². The quantitative estimate of drug-likeness (QED) is 0.306. The number of ketones is 1. The normalized spacial score (nSPS) is 11.2. The van der Waals surface area contributed by atoms with E-state index in [1.807, 2.05) is 0 Å². The molecule has 5 aromatic rings. The van der Waals surface area contributed by atoms with E-state index in [-0.39, 0.29) is 35.7 Å². The Morgan fingerprint density at radius 3 is 2.38 bits per heavy atom. The van der Waals surface area contributed by atoms with Crippen LogP contribution in [0.5, 0.6) is 0 Å². The molecule has 0 saturated heterocycles. The van der Waals surface area contributed by atoms with Crippen molar-refractivity contribution in [2.45, 2.75) is 20.0 Å². The minimum absolute atomic E-state index is 0.0489. The molecule has 2 amide bonds. The van der Waals surface area contributed by atoms with E-state index in [2.05, 4.69) is 20.7 Å². The highest BCUT2D eigenvalue weighted by molar-refractivity contribution is 5.98. The lowest BCUT2D eigenvalue weighted by atomic mass is 10.1. The molecular formula is C26H20F2N6O5. The number of nitrogens with zero attached hydrogens (tertiary/aromatic N) is 4. The highest BCUT2D eigenvalue weighted by Gasteiger charge is 2.20. The Hall–Kier alpha value is -5.20. The van der Waals surface area contributed by atoms with Gasteiger partial charge >= 0.3 is 5.76 Å². The van der Waals surface area contributed by atoms with Crippen molar-refractivity contribution < 1.29 is 27.6 Å². The number of aromatic nitrogens is 4. The van der Waals surface area contributed by atoms with Crippen LogP contribution in [0, 0.1) is 11.6 Å². The zero-order chi connectivity index (χ0) is 27.8. The second-order valence-electron chi connectivity index (χ2n) is 8.72. The Balaban J connectivity index is 1.37. The van der Waals surface area contributed by atoms with Crippen LogP contribution in [0.25, 0.3) is 16.7 Å². The van der Waals surface area contributed by atoms with Crippen LogP contribution < -0.4 is 16.4 Å². The zero-order valence-corrected chi connectivity index (χ0v) is 20.6. The largest absolute Gasteiger partial charge is 0.419 e. The van der Waals surface area contributed by atoms with Gasteiger partial charge in [0.05, 0.1) is 17.3 Å². The van der Waals surface area contributed by atoms with E-state index in [4.69, 9.17) is 4.42 Å². The van der Waals surface area contributed by atoms with Gasteiger partial charge in [-0.1, -0.05) is 12.1 Å². The van der Waals surface area contributed by atoms with Crippen molar-refractivity contribution in [1.82, 2.24) is 29.8 Å². The van der Waals surface area contributed by atoms with Crippen LogP contribution in [0.15, 0.2) is 57.9 Å². The molecule has 2 N–H and O–H groups in total. The summed E-state index contributed by atoms with van der Waals surface area (Å²) in [5.41, 5.74) is 1.21. The predicted molar refractivity (Wildman–Crippen MR) is 133 cm³/mol. The number of hydrogen-bond donors (Lipinski definition) is 2. The van der Waals surface area contributed by atoms with Crippen molar-refractivity contribution in [2.24, 2.45) is 7.05 Å². The number of aryl methyl sites for hydroxylation is 1. The van der Waals surface area contributed by atoms with E-state index in [0.29, 0.717) is 22.2 Å². The molecule has 0 aliphatic heterocycles. The average molecular weight is 534 g/mol. The second kappa shape index (κ2) is 9.93. The number of fused-ring (bicyclic) bond motifs is 2. The first-order valence-electron chi connectivity index (χ1n) is 11.6. The molecular weight excluding hydrogens is 514 g/mol. The minimum Gasteiger partial charge on any atom is -0.408 e. The van der Waals surface area contributed by atoms with Crippen LogP contribution in [0.2, 0.25) is 0 Å². The number of halogens is 2. The first kappa shape index (κ1) is 25.4. The van der Waals surface area contributed by atoms with Crippen molar-refractivity contribution in [3.63, 3.8) is 0 Å². The number of carbonyl (C=O) groups is 3. The summed E-state index contributed by atoms with van der Waals surface area (Å²) in [7, 11) is 1.56. The summed E-state index contributed by atoms with van der Waals surface area (Å²) in [5.74, 6) is -3.89. The number of carbonyl (C=O) groups excluding carboxylic acids is 3. The van der Waals surface area contributed by atoms with Crippen LogP contribution in [-0.2, 0) is 20.1 Å². The number of amides is 2. The number of hydrogen-bond acceptors (Lipinski definition) is 7. The van der Waals surface area contributed by atoms with E-state index in [1.165, 1.54) is 29.7 Å². The Morgan fingerprint density at radius 2 is 1.64 bits per heavy atom. The Labute approximate surface area is 218 Å². The number of benzene rings is 2. The van der Waals surface area contributed by atoms with Crippen molar-refractivity contribution in [1.29, 1.82) is 0 Å². The molecule has 3 aromatic heterocycles. The van der Waals surface area contributed by atoms with Crippen LogP contribution in [0.4, 0.5) is 8.78 Å². The molecule has 2 aromatic carbocycles. The van der Waals surface area contributed by atoms with Crippen LogP contribution in [0.1, 0.15) is 49.4 Å². The monoisotopic (exact) mass is 534 g/mol. The third-order valence-electron chi connectivity index (χ3n) is 6.07. The van der Waals surface area contributed by atoms with Gasteiger partial charge in [-0.3, -0.25) is 19.0 Å². The molecule has 3 heterocycles. The van der Waals surface area contributed by atoms with Crippen molar-refractivity contribution in [3.8, 4) is 0 Å². The van der Waals surface area contributed by atoms with E-state index in [1.54, 1.807) is 25.2 Å². The summed E-state index contributed by atoms with van der Waals surface area (Å²) in [5, 5.41) is 9.09. The third kappa shape index (κ3) is 4.89. The molecule has 198 valence electrons. The molecule has 0 aliphatic carbocycles. The van der Waals surface area contributed by atoms with Gasteiger partial charge in [0.2, 0.25) is 0 Å². The minimum atomic E-state index is -0.838. The number of rotatable bonds is 7. The maximum atomic E-state index is 14.4. The van der Waals surface area contributed by atoms with Gasteiger partial charge in [0.1, 0.15) is 17.2 Å². The SMILES string of the molecule is CC(=O)c1cc(CNC(=O)c2cc(C(=O)NCc3ccc4oc(=O)n(C)c4c3)nc3c(F)cnn23)ccc1F. The Kier molecular flexibility index (Phi) is 6.48. The second-order valence-corrected chi connectivity index (χ2v) is 8.72. The van der Waals surface area contributed by atoms with Crippen LogP contribution in [0.3, 0.4) is 0 Å². The summed E-state index contributed by atoms with van der Waals surface area (Å²) in [6.45, 7) is 1.20. The topological polar surface area (TPSA) is 141 Å². The molecule has 0 bridgehead atoms. The summed E-state index contributed by atoms with van der Waals surface area (Å²) < 4.78 is 35.6. The van der Waals surface area contributed by atoms with Crippen molar-refractivity contribution in [2.75, 3.05) is 0 Å². The average Bonchev–Trinajstić information content (AvgIpc) is 3.44. The van der Waals surface area contributed by atoms with E-state index >= 15 is 0 Å². The lowest BCUT2D eigenvalue weighted by Gasteiger charge is -2.10. The van der Waals surface area contributed by atoms with Crippen LogP contribution in [-0.4, -0.2) is 36.8 Å². The van der Waals surface area contributed by atoms with Gasteiger partial charge < -0.3 is 15.1 Å². The smallest absolute Gasteiger partial charge is 0.408 e. The van der Waals surface area contributed by atoms with E-state index < -0.39 is 35.0 Å². The van der Waals surface area contributed by atoms with Gasteiger partial charge in [-0.2, -0.15) is 5.10 Å². The maximum Gasteiger partial charge on any atom is 0.419 e. The summed E-state index contributed by atoms with van der Waals surface area (Å²) >= 11 is 0. The molecule has 0 fully saturated rings. The van der Waals surface area contributed by atoms with Gasteiger partial charge in [-0.25, -0.2) is 23.1 Å². The summed E-state index contributed by atoms with van der Waals surface area (Å²) in [6, 6.07) is 9.98. The van der Waals surface area contributed by atoms with Crippen molar-refractivity contribution in [3.05, 3.63) is 98.9 Å². The fourth-order valence-corrected chi connectivity index (χ4v) is 3.99. The first-order chi connectivity index (χ1) is 18.6. The van der Waals surface area contributed by atoms with Crippen molar-refractivity contribution >= 4 is 34.3 Å². The first-order valence-corrected chi connectivity index (χ1v) is 11.6. The molecule has 0 aliphatic rings. The molecule has 0 unspecified atom stereocenters. The fraction of sp³-hybridized carbons (Fsp3) is 0.154. The molecule has 5 rings (SSSR count). The molecule has 0 radical (unpaired) electrons. The fourth-order valence-electron chi connectivity index (χ4n) is 3.99. The summed E-state index contributed by atoms with van der Waals surface area (Å²) in [6.07, 6.45) is 0.865. The number of Topliss-reactive ketones (excluding diaryl/α,β-unsaturated/α-hetero) is 1. The van der Waals surface area contributed by atoms with E-state index in [9.17, 15) is 28.0 Å². The Morgan fingerprint density at radius 1 is 0.949 bits per heavy atom. The predicted octanol–water partition coefficient (Wildman–Crippen LogP) is 2.52. The highest BCUT2D eigenvalue weighted by Crippen LogP contribution is 2.16. The van der Waals surface area contributed by atoms with Gasteiger partial charge in [0, 0.05) is 26.2 Å². The zero-order valence-electron chi connectivity index (χ0n) is 20.6. The Bertz CT molecular complexity index is 1860. The standard InChI is InChI=1S/C26H20F2N6O5/c1-13(35)16-7-14(3-5-17(16)27)10-30-25(37)21-9-19(32-23-18(28)12-31-34(21)23)24(36)29-11-15-4-6-22-20(8-15)33(2)26(38)39-22/h3-9,12H,10-11H2,1-2H3,(H,29,36)(H,30,37). The van der Waals surface area contributed by atoms with Gasteiger partial charge in [0.15, 0.2) is 22.8 Å². The molecule has 13 heteroatoms. The molecule has 11 nitrogen and oxygen atoms in total. The van der Waals surface area contributed by atoms with E-state index in [0.717, 1.165) is 16.8 Å². The summed E-state index contributed by atoms with van der Waals surface area (Å²) in [4.78, 5) is 53.2. The highest BCUT2D eigenvalue weighted by atomic mass is 19.1. The van der Waals surface area contributed by atoms with Gasteiger partial charge in [-0.05, 0) is 42.3 Å². The molecule has 0 spiro atoms. The molecule has 39 heavy (non-hydrogen) atoms. The molecule has 0 atom stereocenters. The van der Waals surface area contributed by atoms with Crippen LogP contribution >= 0.6 is 0 Å². The number of nitrogens with one attached hydrogen (secondary N) is 2. The maximum absolute atomic E-state index is 14.4. The molecule has 0 saturated carbocycles. The van der Waals surface area contributed by atoms with Gasteiger partial charge in [0.25, 0.3) is 11.8 Å².